The molecule has 0 radical (unpaired) electrons. The number of rotatable bonds is 9. The monoisotopic (exact) mass is 554 g/mol. The number of nitrogens with zero attached hydrogens (tertiary/aromatic N) is 3. The molecule has 4 aromatic rings. The van der Waals surface area contributed by atoms with Crippen LogP contribution in [0.3, 0.4) is 0 Å². The maximum Gasteiger partial charge on any atom is 0.341 e. The van der Waals surface area contributed by atoms with Gasteiger partial charge in [0.25, 0.3) is 0 Å². The van der Waals surface area contributed by atoms with Gasteiger partial charge in [-0.1, -0.05) is 43.3 Å². The van der Waals surface area contributed by atoms with Gasteiger partial charge in [-0.05, 0) is 50.7 Å². The van der Waals surface area contributed by atoms with E-state index in [2.05, 4.69) is 44.5 Å². The summed E-state index contributed by atoms with van der Waals surface area (Å²) in [6.45, 7) is 4.99. The number of esters is 1. The molecule has 0 spiro atoms. The molecule has 5 rings (SSSR count). The van der Waals surface area contributed by atoms with Crippen molar-refractivity contribution < 1.29 is 14.3 Å². The normalized spacial score (nSPS) is 13.4. The summed E-state index contributed by atoms with van der Waals surface area (Å²) in [5.41, 5.74) is 2.67. The van der Waals surface area contributed by atoms with Crippen molar-refractivity contribution >= 4 is 61.4 Å². The SMILES string of the molecule is CCCn1c(SCC(=O)Nc2sc3c(c2C(=O)OCC)CCCCC3)nnc1-c1csc2ccccc12. The van der Waals surface area contributed by atoms with E-state index >= 15 is 0 Å². The van der Waals surface area contributed by atoms with Gasteiger partial charge in [0, 0.05) is 32.5 Å². The highest BCUT2D eigenvalue weighted by atomic mass is 32.2. The Kier molecular flexibility index (Phi) is 8.26. The summed E-state index contributed by atoms with van der Waals surface area (Å²) in [5, 5.41) is 16.6. The Bertz CT molecular complexity index is 1420. The van der Waals surface area contributed by atoms with E-state index in [1.54, 1.807) is 18.3 Å². The van der Waals surface area contributed by atoms with Crippen molar-refractivity contribution in [2.75, 3.05) is 17.7 Å². The van der Waals surface area contributed by atoms with Crippen LogP contribution in [0.2, 0.25) is 0 Å². The number of anilines is 1. The van der Waals surface area contributed by atoms with Crippen molar-refractivity contribution in [3.8, 4) is 11.4 Å². The van der Waals surface area contributed by atoms with Crippen molar-refractivity contribution in [3.05, 3.63) is 45.6 Å². The Labute approximate surface area is 228 Å². The largest absolute Gasteiger partial charge is 0.462 e. The Balaban J connectivity index is 1.34. The lowest BCUT2D eigenvalue weighted by Gasteiger charge is -2.10. The summed E-state index contributed by atoms with van der Waals surface area (Å²) in [6.07, 6.45) is 6.03. The van der Waals surface area contributed by atoms with Crippen LogP contribution in [0.5, 0.6) is 0 Å². The van der Waals surface area contributed by atoms with Crippen LogP contribution in [-0.4, -0.2) is 39.0 Å². The van der Waals surface area contributed by atoms with Gasteiger partial charge in [0.2, 0.25) is 5.91 Å². The summed E-state index contributed by atoms with van der Waals surface area (Å²) in [5.74, 6) is 0.492. The fraction of sp³-hybridized carbons (Fsp3) is 0.407. The summed E-state index contributed by atoms with van der Waals surface area (Å²) in [7, 11) is 0. The van der Waals surface area contributed by atoms with Crippen LogP contribution in [0.25, 0.3) is 21.5 Å². The van der Waals surface area contributed by atoms with E-state index in [9.17, 15) is 9.59 Å². The van der Waals surface area contributed by atoms with E-state index in [4.69, 9.17) is 4.74 Å². The molecule has 1 amide bonds. The second-order valence-corrected chi connectivity index (χ2v) is 11.9. The molecule has 0 saturated heterocycles. The fourth-order valence-electron chi connectivity index (χ4n) is 4.71. The number of hydrogen-bond acceptors (Lipinski definition) is 8. The number of carbonyl (C=O) groups excluding carboxylic acids is 2. The van der Waals surface area contributed by atoms with Gasteiger partial charge in [-0.15, -0.1) is 32.9 Å². The van der Waals surface area contributed by atoms with Gasteiger partial charge in [-0.2, -0.15) is 0 Å². The van der Waals surface area contributed by atoms with E-state index in [-0.39, 0.29) is 17.6 Å². The van der Waals surface area contributed by atoms with Crippen molar-refractivity contribution in [3.63, 3.8) is 0 Å². The summed E-state index contributed by atoms with van der Waals surface area (Å²) < 4.78 is 8.66. The first-order valence-electron chi connectivity index (χ1n) is 12.7. The predicted octanol–water partition coefficient (Wildman–Crippen LogP) is 6.81. The number of carbonyl (C=O) groups is 2. The molecule has 1 aliphatic rings. The second kappa shape index (κ2) is 11.8. The smallest absolute Gasteiger partial charge is 0.341 e. The Morgan fingerprint density at radius 1 is 1.14 bits per heavy atom. The summed E-state index contributed by atoms with van der Waals surface area (Å²) >= 11 is 4.59. The summed E-state index contributed by atoms with van der Waals surface area (Å²) in [6, 6.07) is 8.29. The van der Waals surface area contributed by atoms with E-state index in [0.29, 0.717) is 17.2 Å². The third-order valence-electron chi connectivity index (χ3n) is 6.37. The number of ether oxygens (including phenoxy) is 1. The molecule has 10 heteroatoms. The molecular formula is C27H30N4O3S3. The molecular weight excluding hydrogens is 525 g/mol. The predicted molar refractivity (Wildman–Crippen MR) is 152 cm³/mol. The van der Waals surface area contributed by atoms with E-state index in [1.165, 1.54) is 32.7 Å². The molecule has 0 aliphatic heterocycles. The topological polar surface area (TPSA) is 86.1 Å². The molecule has 3 aromatic heterocycles. The van der Waals surface area contributed by atoms with Crippen LogP contribution in [0, 0.1) is 0 Å². The Hall–Kier alpha value is -2.69. The molecule has 0 unspecified atom stereocenters. The minimum atomic E-state index is -0.347. The minimum absolute atomic E-state index is 0.166. The van der Waals surface area contributed by atoms with Crippen LogP contribution in [-0.2, 0) is 28.9 Å². The lowest BCUT2D eigenvalue weighted by Crippen LogP contribution is -2.17. The second-order valence-electron chi connectivity index (χ2n) is 8.93. The number of thiophene rings is 2. The van der Waals surface area contributed by atoms with Gasteiger partial charge < -0.3 is 14.6 Å². The highest BCUT2D eigenvalue weighted by molar-refractivity contribution is 7.99. The van der Waals surface area contributed by atoms with Gasteiger partial charge >= 0.3 is 5.97 Å². The fourth-order valence-corrected chi connectivity index (χ4v) is 7.71. The molecule has 1 aliphatic carbocycles. The maximum absolute atomic E-state index is 13.0. The van der Waals surface area contributed by atoms with E-state index in [1.807, 2.05) is 12.1 Å². The summed E-state index contributed by atoms with van der Waals surface area (Å²) in [4.78, 5) is 27.0. The molecule has 7 nitrogen and oxygen atoms in total. The van der Waals surface area contributed by atoms with Crippen molar-refractivity contribution in [1.29, 1.82) is 0 Å². The van der Waals surface area contributed by atoms with Crippen LogP contribution < -0.4 is 5.32 Å². The number of benzene rings is 1. The van der Waals surface area contributed by atoms with Crippen molar-refractivity contribution in [1.82, 2.24) is 14.8 Å². The minimum Gasteiger partial charge on any atom is -0.462 e. The molecule has 0 fully saturated rings. The first-order chi connectivity index (χ1) is 18.1. The van der Waals surface area contributed by atoms with Gasteiger partial charge in [0.1, 0.15) is 5.00 Å². The van der Waals surface area contributed by atoms with Crippen LogP contribution in [0.4, 0.5) is 5.00 Å². The van der Waals surface area contributed by atoms with E-state index < -0.39 is 0 Å². The standard InChI is InChI=1S/C27H30N4O3S3/c1-3-14-31-24(19-15-35-20-12-9-8-10-17(19)20)29-30-27(31)36-16-22(32)28-25-23(26(33)34-4-2)18-11-6-5-7-13-21(18)37-25/h8-10,12,15H,3-7,11,13-14,16H2,1-2H3,(H,28,32). The van der Waals surface area contributed by atoms with Crippen LogP contribution in [0.1, 0.15) is 60.3 Å². The molecule has 1 N–H and O–H groups in total. The van der Waals surface area contributed by atoms with Gasteiger partial charge in [0.05, 0.1) is 17.9 Å². The van der Waals surface area contributed by atoms with Crippen LogP contribution in [0.15, 0.2) is 34.8 Å². The third kappa shape index (κ3) is 5.46. The molecule has 0 bridgehead atoms. The lowest BCUT2D eigenvalue weighted by molar-refractivity contribution is -0.113. The van der Waals surface area contributed by atoms with Crippen molar-refractivity contribution in [2.45, 2.75) is 64.1 Å². The lowest BCUT2D eigenvalue weighted by atomic mass is 10.1. The zero-order valence-corrected chi connectivity index (χ0v) is 23.5. The first-order valence-corrected chi connectivity index (χ1v) is 15.4. The average molecular weight is 555 g/mol. The molecule has 0 atom stereocenters. The molecule has 37 heavy (non-hydrogen) atoms. The molecule has 1 aromatic carbocycles. The zero-order chi connectivity index (χ0) is 25.8. The Morgan fingerprint density at radius 3 is 2.81 bits per heavy atom. The van der Waals surface area contributed by atoms with Crippen LogP contribution >= 0.6 is 34.4 Å². The average Bonchev–Trinajstić information content (AvgIpc) is 3.54. The molecule has 0 saturated carbocycles. The number of amides is 1. The number of aromatic nitrogens is 3. The number of hydrogen-bond donors (Lipinski definition) is 1. The van der Waals surface area contributed by atoms with Gasteiger partial charge in [-0.25, -0.2) is 4.79 Å². The molecule has 194 valence electrons. The zero-order valence-electron chi connectivity index (χ0n) is 21.0. The highest BCUT2D eigenvalue weighted by Gasteiger charge is 2.27. The van der Waals surface area contributed by atoms with Crippen molar-refractivity contribution in [2.24, 2.45) is 0 Å². The first kappa shape index (κ1) is 25.9. The van der Waals surface area contributed by atoms with E-state index in [0.717, 1.165) is 72.6 Å². The van der Waals surface area contributed by atoms with Gasteiger partial charge in [0.15, 0.2) is 11.0 Å². The highest BCUT2D eigenvalue weighted by Crippen LogP contribution is 2.38. The number of nitrogens with one attached hydrogen (secondary N) is 1. The third-order valence-corrected chi connectivity index (χ3v) is 9.51. The van der Waals surface area contributed by atoms with Gasteiger partial charge in [-0.3, -0.25) is 4.79 Å². The number of thioether (sulfide) groups is 1. The number of aryl methyl sites for hydroxylation is 1. The maximum atomic E-state index is 13.0. The molecule has 3 heterocycles. The Morgan fingerprint density at radius 2 is 1.97 bits per heavy atom. The number of fused-ring (bicyclic) bond motifs is 2. The quantitative estimate of drug-likeness (QED) is 0.139.